The minimum absolute atomic E-state index is 0.456. The van der Waals surface area contributed by atoms with Gasteiger partial charge in [0.25, 0.3) is 0 Å². The summed E-state index contributed by atoms with van der Waals surface area (Å²) < 4.78 is 0. The van der Waals surface area contributed by atoms with Crippen LogP contribution in [0.5, 0.6) is 0 Å². The Hall–Kier alpha value is -0.0800. The zero-order chi connectivity index (χ0) is 11.4. The van der Waals surface area contributed by atoms with E-state index in [2.05, 4.69) is 12.2 Å². The van der Waals surface area contributed by atoms with E-state index in [-0.39, 0.29) is 0 Å². The zero-order valence-electron chi connectivity index (χ0n) is 10.8. The Kier molecular flexibility index (Phi) is 4.26. The van der Waals surface area contributed by atoms with Crippen molar-refractivity contribution in [2.75, 3.05) is 13.1 Å². The highest BCUT2D eigenvalue weighted by Crippen LogP contribution is 2.36. The molecule has 0 bridgehead atoms. The second kappa shape index (κ2) is 5.50. The van der Waals surface area contributed by atoms with Crippen LogP contribution < -0.4 is 11.1 Å². The van der Waals surface area contributed by atoms with Gasteiger partial charge in [-0.15, -0.1) is 0 Å². The van der Waals surface area contributed by atoms with Crippen LogP contribution in [0, 0.1) is 11.3 Å². The van der Waals surface area contributed by atoms with E-state index in [9.17, 15) is 0 Å². The molecule has 0 heterocycles. The number of hydrogen-bond donors (Lipinski definition) is 2. The van der Waals surface area contributed by atoms with Crippen LogP contribution in [-0.2, 0) is 0 Å². The predicted octanol–water partition coefficient (Wildman–Crippen LogP) is 2.67. The average Bonchev–Trinajstić information content (AvgIpc) is 2.68. The van der Waals surface area contributed by atoms with Gasteiger partial charge in [0.15, 0.2) is 0 Å². The molecular weight excluding hydrogens is 196 g/mol. The van der Waals surface area contributed by atoms with Crippen molar-refractivity contribution in [3.63, 3.8) is 0 Å². The topological polar surface area (TPSA) is 38.0 Å². The van der Waals surface area contributed by atoms with Crippen LogP contribution >= 0.6 is 0 Å². The second-order valence-electron chi connectivity index (χ2n) is 6.36. The molecule has 2 fully saturated rings. The van der Waals surface area contributed by atoms with Crippen LogP contribution in [0.1, 0.15) is 58.3 Å². The van der Waals surface area contributed by atoms with Gasteiger partial charge in [0.1, 0.15) is 0 Å². The first-order valence-electron chi connectivity index (χ1n) is 7.16. The molecule has 2 unspecified atom stereocenters. The summed E-state index contributed by atoms with van der Waals surface area (Å²) in [5.74, 6) is 0.735. The van der Waals surface area contributed by atoms with Gasteiger partial charge in [-0.1, -0.05) is 32.6 Å². The molecule has 2 saturated carbocycles. The van der Waals surface area contributed by atoms with Crippen LogP contribution in [0.25, 0.3) is 0 Å². The lowest BCUT2D eigenvalue weighted by molar-refractivity contribution is 0.263. The van der Waals surface area contributed by atoms with E-state index < -0.39 is 0 Å². The molecule has 0 spiro atoms. The van der Waals surface area contributed by atoms with Crippen LogP contribution in [0.4, 0.5) is 0 Å². The molecule has 2 heteroatoms. The van der Waals surface area contributed by atoms with E-state index in [1.54, 1.807) is 0 Å². The number of hydrogen-bond acceptors (Lipinski definition) is 2. The fraction of sp³-hybridized carbons (Fsp3) is 1.00. The maximum absolute atomic E-state index is 6.17. The first-order chi connectivity index (χ1) is 7.70. The zero-order valence-corrected chi connectivity index (χ0v) is 10.8. The van der Waals surface area contributed by atoms with E-state index in [1.807, 2.05) is 0 Å². The summed E-state index contributed by atoms with van der Waals surface area (Å²) in [6.07, 6.45) is 11.0. The maximum atomic E-state index is 6.17. The van der Waals surface area contributed by atoms with Crippen molar-refractivity contribution in [3.8, 4) is 0 Å². The van der Waals surface area contributed by atoms with E-state index in [0.29, 0.717) is 11.5 Å². The van der Waals surface area contributed by atoms with Gasteiger partial charge in [-0.3, -0.25) is 0 Å². The third kappa shape index (κ3) is 3.21. The first-order valence-corrected chi connectivity index (χ1v) is 7.16. The molecule has 0 aromatic carbocycles. The van der Waals surface area contributed by atoms with Crippen molar-refractivity contribution in [2.24, 2.45) is 17.1 Å². The molecule has 0 aromatic heterocycles. The summed E-state index contributed by atoms with van der Waals surface area (Å²) in [6, 6.07) is 0.456. The van der Waals surface area contributed by atoms with Gasteiger partial charge in [0.2, 0.25) is 0 Å². The lowest BCUT2D eigenvalue weighted by Crippen LogP contribution is -2.41. The lowest BCUT2D eigenvalue weighted by atomic mass is 9.84. The summed E-state index contributed by atoms with van der Waals surface area (Å²) in [4.78, 5) is 0. The number of nitrogens with two attached hydrogens (primary N) is 1. The Labute approximate surface area is 100 Å². The fourth-order valence-corrected chi connectivity index (χ4v) is 3.45. The third-order valence-corrected chi connectivity index (χ3v) is 4.74. The maximum Gasteiger partial charge on any atom is 0.00792 e. The van der Waals surface area contributed by atoms with Gasteiger partial charge >= 0.3 is 0 Å². The van der Waals surface area contributed by atoms with Gasteiger partial charge in [-0.25, -0.2) is 0 Å². The summed E-state index contributed by atoms with van der Waals surface area (Å²) in [7, 11) is 0. The van der Waals surface area contributed by atoms with Crippen LogP contribution in [0.2, 0.25) is 0 Å². The van der Waals surface area contributed by atoms with E-state index in [4.69, 9.17) is 5.73 Å². The summed E-state index contributed by atoms with van der Waals surface area (Å²) in [5.41, 5.74) is 6.75. The average molecular weight is 224 g/mol. The van der Waals surface area contributed by atoms with Crippen LogP contribution in [0.3, 0.4) is 0 Å². The molecule has 94 valence electrons. The van der Waals surface area contributed by atoms with Crippen molar-refractivity contribution < 1.29 is 0 Å². The minimum atomic E-state index is 0.456. The minimum Gasteiger partial charge on any atom is -0.327 e. The quantitative estimate of drug-likeness (QED) is 0.770. The Bertz CT molecular complexity index is 209. The van der Waals surface area contributed by atoms with Crippen molar-refractivity contribution in [1.82, 2.24) is 5.32 Å². The van der Waals surface area contributed by atoms with Crippen LogP contribution in [-0.4, -0.2) is 19.1 Å². The number of nitrogens with one attached hydrogen (secondary N) is 1. The Morgan fingerprint density at radius 3 is 2.50 bits per heavy atom. The molecule has 0 radical (unpaired) electrons. The highest BCUT2D eigenvalue weighted by Gasteiger charge is 2.29. The molecule has 0 aliphatic heterocycles. The molecule has 2 rings (SSSR count). The lowest BCUT2D eigenvalue weighted by Gasteiger charge is -2.31. The van der Waals surface area contributed by atoms with Crippen molar-refractivity contribution in [1.29, 1.82) is 0 Å². The van der Waals surface area contributed by atoms with E-state index in [0.717, 1.165) is 12.5 Å². The summed E-state index contributed by atoms with van der Waals surface area (Å²) in [5, 5.41) is 3.69. The highest BCUT2D eigenvalue weighted by atomic mass is 14.9. The Morgan fingerprint density at radius 2 is 1.81 bits per heavy atom. The molecule has 2 aliphatic carbocycles. The largest absolute Gasteiger partial charge is 0.327 e. The molecule has 0 aromatic rings. The molecule has 0 amide bonds. The molecular formula is C14H28N2. The molecule has 3 N–H and O–H groups in total. The second-order valence-corrected chi connectivity index (χ2v) is 6.36. The van der Waals surface area contributed by atoms with Crippen molar-refractivity contribution in [2.45, 2.75) is 64.3 Å². The first kappa shape index (κ1) is 12.4. The van der Waals surface area contributed by atoms with Gasteiger partial charge in [-0.05, 0) is 43.6 Å². The van der Waals surface area contributed by atoms with E-state index >= 15 is 0 Å². The van der Waals surface area contributed by atoms with Crippen LogP contribution in [0.15, 0.2) is 0 Å². The summed E-state index contributed by atoms with van der Waals surface area (Å²) >= 11 is 0. The highest BCUT2D eigenvalue weighted by molar-refractivity contribution is 4.84. The molecule has 2 atom stereocenters. The molecule has 16 heavy (non-hydrogen) atoms. The van der Waals surface area contributed by atoms with Gasteiger partial charge in [-0.2, -0.15) is 0 Å². The third-order valence-electron chi connectivity index (χ3n) is 4.74. The van der Waals surface area contributed by atoms with Gasteiger partial charge in [0.05, 0.1) is 0 Å². The predicted molar refractivity (Wildman–Crippen MR) is 69.4 cm³/mol. The SMILES string of the molecule is CC1(CNCC2CCCCC2N)CCCC1. The van der Waals surface area contributed by atoms with Crippen molar-refractivity contribution >= 4 is 0 Å². The monoisotopic (exact) mass is 224 g/mol. The van der Waals surface area contributed by atoms with Crippen molar-refractivity contribution in [3.05, 3.63) is 0 Å². The molecule has 2 aliphatic rings. The molecule has 2 nitrogen and oxygen atoms in total. The standard InChI is InChI=1S/C14H28N2/c1-14(8-4-5-9-14)11-16-10-12-6-2-3-7-13(12)15/h12-13,16H,2-11,15H2,1H3. The Morgan fingerprint density at radius 1 is 1.12 bits per heavy atom. The molecule has 0 saturated heterocycles. The van der Waals surface area contributed by atoms with Gasteiger partial charge in [0, 0.05) is 12.6 Å². The summed E-state index contributed by atoms with van der Waals surface area (Å²) in [6.45, 7) is 4.79. The number of rotatable bonds is 4. The Balaban J connectivity index is 1.66. The fourth-order valence-electron chi connectivity index (χ4n) is 3.45. The van der Waals surface area contributed by atoms with Gasteiger partial charge < -0.3 is 11.1 Å². The smallest absolute Gasteiger partial charge is 0.00792 e. The van der Waals surface area contributed by atoms with E-state index in [1.165, 1.54) is 57.9 Å². The normalized spacial score (nSPS) is 34.1.